The summed E-state index contributed by atoms with van der Waals surface area (Å²) in [6.45, 7) is 8.93. The van der Waals surface area contributed by atoms with Crippen LogP contribution in [0.5, 0.6) is 0 Å². The third-order valence-electron chi connectivity index (χ3n) is 11.5. The van der Waals surface area contributed by atoms with Crippen molar-refractivity contribution in [3.63, 3.8) is 0 Å². The summed E-state index contributed by atoms with van der Waals surface area (Å²) in [5.41, 5.74) is -0.788. The van der Waals surface area contributed by atoms with Crippen LogP contribution in [0.3, 0.4) is 0 Å². The van der Waals surface area contributed by atoms with Gasteiger partial charge in [0.15, 0.2) is 11.9 Å². The van der Waals surface area contributed by atoms with Crippen LogP contribution in [-0.4, -0.2) is 47.9 Å². The van der Waals surface area contributed by atoms with Gasteiger partial charge in [0.2, 0.25) is 6.29 Å². The van der Waals surface area contributed by atoms with Crippen LogP contribution in [0.15, 0.2) is 0 Å². The van der Waals surface area contributed by atoms with Crippen LogP contribution in [-0.2, 0) is 28.5 Å². The highest BCUT2D eigenvalue weighted by atomic mass is 16.8. The number of aliphatic hydroxyl groups is 1. The van der Waals surface area contributed by atoms with E-state index in [0.717, 1.165) is 32.1 Å². The first-order valence-electron chi connectivity index (χ1n) is 13.4. The van der Waals surface area contributed by atoms with Crippen molar-refractivity contribution in [2.24, 2.45) is 39.9 Å². The fraction of sp³-hybridized carbons (Fsp3) is 0.926. The van der Waals surface area contributed by atoms with Crippen molar-refractivity contribution < 1.29 is 33.6 Å². The molecule has 0 radical (unpaired) electrons. The van der Waals surface area contributed by atoms with Gasteiger partial charge in [0, 0.05) is 19.4 Å². The third-order valence-corrected chi connectivity index (χ3v) is 11.5. The van der Waals surface area contributed by atoms with Gasteiger partial charge >= 0.3 is 11.9 Å². The highest BCUT2D eigenvalue weighted by Crippen LogP contribution is 2.71. The van der Waals surface area contributed by atoms with E-state index >= 15 is 0 Å². The molecule has 3 saturated carbocycles. The van der Waals surface area contributed by atoms with Crippen molar-refractivity contribution in [3.05, 3.63) is 0 Å². The van der Waals surface area contributed by atoms with E-state index in [9.17, 15) is 14.7 Å². The monoisotopic (exact) mass is 476 g/mol. The van der Waals surface area contributed by atoms with Gasteiger partial charge in [-0.3, -0.25) is 9.59 Å². The van der Waals surface area contributed by atoms with Crippen LogP contribution < -0.4 is 0 Å². The number of hydrogen-bond acceptors (Lipinski definition) is 7. The first-order chi connectivity index (χ1) is 16.1. The summed E-state index contributed by atoms with van der Waals surface area (Å²) in [6.07, 6.45) is 6.78. The molecule has 11 atom stereocenters. The molecule has 190 valence electrons. The third kappa shape index (κ3) is 2.92. The second-order valence-corrected chi connectivity index (χ2v) is 13.1. The lowest BCUT2D eigenvalue weighted by Gasteiger charge is -2.67. The smallest absolute Gasteiger partial charge is 0.311 e. The Balaban J connectivity index is 1.38. The van der Waals surface area contributed by atoms with Crippen LogP contribution in [0.25, 0.3) is 0 Å². The Kier molecular flexibility index (Phi) is 5.07. The molecule has 0 amide bonds. The number of hydrogen-bond donors (Lipinski definition) is 1. The number of esters is 2. The molecule has 1 N–H and O–H groups in total. The van der Waals surface area contributed by atoms with Gasteiger partial charge in [-0.2, -0.15) is 0 Å². The van der Waals surface area contributed by atoms with Crippen molar-refractivity contribution in [2.45, 2.75) is 110 Å². The van der Waals surface area contributed by atoms with Crippen LogP contribution in [0.2, 0.25) is 0 Å². The molecule has 6 fully saturated rings. The lowest BCUT2D eigenvalue weighted by molar-refractivity contribution is -0.225. The van der Waals surface area contributed by atoms with Gasteiger partial charge in [-0.05, 0) is 78.9 Å². The van der Waals surface area contributed by atoms with Crippen molar-refractivity contribution in [3.8, 4) is 0 Å². The van der Waals surface area contributed by atoms with Crippen LogP contribution in [0.1, 0.15) is 85.5 Å². The minimum Gasteiger partial charge on any atom is -0.459 e. The molecule has 34 heavy (non-hydrogen) atoms. The number of ether oxygens (including phenoxy) is 4. The standard InChI is InChI=1S/C27H40O7/c1-15(29)31-20-12-17-16(22-33-23-27(20,34-22)13-21(30)32-23)6-7-19-25(17,3)11-8-18-24(2,14-28)9-5-10-26(18,19)4/h16-20,22-23,28H,5-14H2,1-4H3/t16-,17+,18?,19?,20+,22+,23+,24+,25-,26-,27?/m0/s1. The van der Waals surface area contributed by atoms with Crippen LogP contribution in [0.4, 0.5) is 0 Å². The van der Waals surface area contributed by atoms with Crippen molar-refractivity contribution >= 4 is 11.9 Å². The summed E-state index contributed by atoms with van der Waals surface area (Å²) in [6, 6.07) is 0. The Morgan fingerprint density at radius 3 is 2.62 bits per heavy atom. The maximum Gasteiger partial charge on any atom is 0.311 e. The Labute approximate surface area is 202 Å². The van der Waals surface area contributed by atoms with Crippen molar-refractivity contribution in [2.75, 3.05) is 6.61 Å². The molecule has 3 aliphatic heterocycles. The van der Waals surface area contributed by atoms with Gasteiger partial charge in [-0.1, -0.05) is 27.2 Å². The minimum atomic E-state index is -1.03. The van der Waals surface area contributed by atoms with Gasteiger partial charge < -0.3 is 24.1 Å². The molecule has 7 heteroatoms. The molecule has 3 aliphatic carbocycles. The van der Waals surface area contributed by atoms with Crippen LogP contribution >= 0.6 is 0 Å². The SMILES string of the molecule is CC(=O)O[C@@H]1C[C@@H]2[C@H](CCC3[C@@]4(C)CCC[C@](C)(CO)C4CC[C@]32C)[C@@H]2O[C@H]3OC(=O)CC31O2. The summed E-state index contributed by atoms with van der Waals surface area (Å²) >= 11 is 0. The summed E-state index contributed by atoms with van der Waals surface area (Å²) in [5.74, 6) is 0.814. The second-order valence-electron chi connectivity index (χ2n) is 13.1. The predicted octanol–water partition coefficient (Wildman–Crippen LogP) is 3.95. The van der Waals surface area contributed by atoms with E-state index in [1.165, 1.54) is 19.8 Å². The molecular weight excluding hydrogens is 436 g/mol. The zero-order chi connectivity index (χ0) is 24.1. The fourth-order valence-corrected chi connectivity index (χ4v) is 10.1. The van der Waals surface area contributed by atoms with Gasteiger partial charge in [-0.15, -0.1) is 0 Å². The topological polar surface area (TPSA) is 91.3 Å². The molecule has 3 saturated heterocycles. The molecule has 0 aromatic rings. The van der Waals surface area contributed by atoms with E-state index in [0.29, 0.717) is 18.3 Å². The first-order valence-corrected chi connectivity index (χ1v) is 13.4. The minimum absolute atomic E-state index is 0.00602. The Morgan fingerprint density at radius 1 is 1.09 bits per heavy atom. The number of carbonyl (C=O) groups is 2. The number of fused-ring (bicyclic) bond motifs is 7. The van der Waals surface area contributed by atoms with Gasteiger partial charge in [-0.25, -0.2) is 0 Å². The molecule has 3 heterocycles. The van der Waals surface area contributed by atoms with E-state index < -0.39 is 24.3 Å². The average molecular weight is 477 g/mol. The summed E-state index contributed by atoms with van der Waals surface area (Å²) in [4.78, 5) is 24.4. The van der Waals surface area contributed by atoms with Crippen LogP contribution in [0, 0.1) is 39.9 Å². The summed E-state index contributed by atoms with van der Waals surface area (Å²) in [7, 11) is 0. The molecule has 6 aliphatic rings. The summed E-state index contributed by atoms with van der Waals surface area (Å²) in [5, 5.41) is 10.4. The Morgan fingerprint density at radius 2 is 1.88 bits per heavy atom. The molecule has 3 unspecified atom stereocenters. The molecule has 0 aromatic heterocycles. The zero-order valence-electron chi connectivity index (χ0n) is 21.0. The van der Waals surface area contributed by atoms with Gasteiger partial charge in [0.05, 0.1) is 6.42 Å². The molecule has 0 aromatic carbocycles. The quantitative estimate of drug-likeness (QED) is 0.603. The zero-order valence-corrected chi connectivity index (χ0v) is 21.0. The Bertz CT molecular complexity index is 890. The van der Waals surface area contributed by atoms with E-state index in [1.807, 2.05) is 0 Å². The normalized spacial score (nSPS) is 55.8. The van der Waals surface area contributed by atoms with Crippen molar-refractivity contribution in [1.29, 1.82) is 0 Å². The van der Waals surface area contributed by atoms with Gasteiger partial charge in [0.25, 0.3) is 0 Å². The number of aliphatic hydroxyl groups excluding tert-OH is 1. The fourth-order valence-electron chi connectivity index (χ4n) is 10.1. The van der Waals surface area contributed by atoms with E-state index in [1.54, 1.807) is 0 Å². The highest BCUT2D eigenvalue weighted by Gasteiger charge is 2.71. The molecular formula is C27H40O7. The highest BCUT2D eigenvalue weighted by molar-refractivity contribution is 5.74. The average Bonchev–Trinajstić information content (AvgIpc) is 3.21. The maximum absolute atomic E-state index is 12.2. The van der Waals surface area contributed by atoms with E-state index in [2.05, 4.69) is 20.8 Å². The van der Waals surface area contributed by atoms with E-state index in [-0.39, 0.29) is 53.0 Å². The largest absolute Gasteiger partial charge is 0.459 e. The maximum atomic E-state index is 12.2. The lowest BCUT2D eigenvalue weighted by atomic mass is 9.38. The predicted molar refractivity (Wildman–Crippen MR) is 121 cm³/mol. The van der Waals surface area contributed by atoms with Gasteiger partial charge in [0.1, 0.15) is 6.10 Å². The number of rotatable bonds is 2. The Hall–Kier alpha value is -1.18. The molecule has 2 bridgehead atoms. The second kappa shape index (κ2) is 7.42. The number of carbonyl (C=O) groups excluding carboxylic acids is 2. The lowest BCUT2D eigenvalue weighted by Crippen LogP contribution is -2.61. The molecule has 6 rings (SSSR count). The molecule has 1 spiro atoms. The molecule has 7 nitrogen and oxygen atoms in total. The van der Waals surface area contributed by atoms with E-state index in [4.69, 9.17) is 18.9 Å². The van der Waals surface area contributed by atoms with Crippen molar-refractivity contribution in [1.82, 2.24) is 0 Å². The first kappa shape index (κ1) is 23.2. The summed E-state index contributed by atoms with van der Waals surface area (Å²) < 4.78 is 24.2.